The second-order valence-electron chi connectivity index (χ2n) is 24.6. The van der Waals surface area contributed by atoms with Crippen LogP contribution in [0.15, 0.2) is 310 Å². The Morgan fingerprint density at radius 1 is 0.344 bits per heavy atom. The number of nitrogens with zero attached hydrogens (tertiary/aromatic N) is 1. The topological polar surface area (TPSA) is 30.9 Å². The zero-order valence-corrected chi connectivity index (χ0v) is 51.3. The van der Waals surface area contributed by atoms with Gasteiger partial charge in [0.2, 0.25) is 0 Å². The molecule has 0 fully saturated rings. The highest BCUT2D eigenvalue weighted by Gasteiger charge is 2.49. The summed E-state index contributed by atoms with van der Waals surface area (Å²) < 4.78 is 50.4. The van der Waals surface area contributed by atoms with Crippen molar-refractivity contribution >= 4 is 29.2 Å². The summed E-state index contributed by atoms with van der Waals surface area (Å²) in [4.78, 5) is 2.36. The predicted molar refractivity (Wildman–Crippen MR) is 373 cm³/mol. The predicted octanol–water partition coefficient (Wildman–Crippen LogP) is 23.1. The van der Waals surface area contributed by atoms with Crippen molar-refractivity contribution in [2.24, 2.45) is 0 Å². The van der Waals surface area contributed by atoms with Crippen molar-refractivity contribution < 1.29 is 23.0 Å². The number of hydrogen-bond acceptors (Lipinski definition) is 4. The Morgan fingerprint density at radius 2 is 0.710 bits per heavy atom. The lowest BCUT2D eigenvalue weighted by molar-refractivity contribution is 0.419. The Bertz CT molecular complexity index is 4810. The van der Waals surface area contributed by atoms with Crippen LogP contribution in [0.1, 0.15) is 80.6 Å². The quantitative estimate of drug-likeness (QED) is 0.109. The van der Waals surface area contributed by atoms with Gasteiger partial charge in [-0.1, -0.05) is 215 Å². The molecule has 0 spiro atoms. The summed E-state index contributed by atoms with van der Waals surface area (Å²) in [6.07, 6.45) is 3.63. The number of benzene rings is 13. The molecule has 3 aliphatic rings. The molecule has 13 aromatic carbocycles. The smallest absolute Gasteiger partial charge is 0.132 e. The van der Waals surface area contributed by atoms with E-state index in [0.717, 1.165) is 129 Å². The number of hydrogen-bond donors (Lipinski definition) is 0. The number of rotatable bonds is 14. The summed E-state index contributed by atoms with van der Waals surface area (Å²) >= 11 is 0. The molecule has 446 valence electrons. The maximum Gasteiger partial charge on any atom is 0.132 e. The van der Waals surface area contributed by atoms with Crippen molar-refractivity contribution in [3.63, 3.8) is 0 Å². The summed E-state index contributed by atoms with van der Waals surface area (Å²) in [6.45, 7) is 12.4. The largest absolute Gasteiger partial charge is 0.457 e. The van der Waals surface area contributed by atoms with E-state index >= 15 is 8.78 Å². The second kappa shape index (κ2) is 22.4. The van der Waals surface area contributed by atoms with Crippen LogP contribution in [0.3, 0.4) is 0 Å². The number of anilines is 3. The van der Waals surface area contributed by atoms with Crippen LogP contribution < -0.4 is 19.1 Å². The molecule has 1 aliphatic heterocycles. The molecule has 0 saturated heterocycles. The molecular formula is C87H61F2NO3. The van der Waals surface area contributed by atoms with Gasteiger partial charge in [0.05, 0.1) is 10.8 Å². The van der Waals surface area contributed by atoms with Crippen LogP contribution in [0, 0.1) is 11.6 Å². The fourth-order valence-electron chi connectivity index (χ4n) is 15.0. The maximum absolute atomic E-state index is 15.4. The number of para-hydroxylation sites is 1. The van der Waals surface area contributed by atoms with Crippen molar-refractivity contribution in [3.05, 3.63) is 389 Å². The van der Waals surface area contributed by atoms with Gasteiger partial charge in [0.25, 0.3) is 0 Å². The molecule has 0 amide bonds. The van der Waals surface area contributed by atoms with Gasteiger partial charge in [-0.15, -0.1) is 0 Å². The van der Waals surface area contributed by atoms with E-state index in [1.165, 1.54) is 0 Å². The van der Waals surface area contributed by atoms with Crippen molar-refractivity contribution in [1.29, 1.82) is 0 Å². The molecule has 1 heterocycles. The Morgan fingerprint density at radius 3 is 1.16 bits per heavy atom. The number of fused-ring (bicyclic) bond motifs is 8. The molecule has 2 aliphatic carbocycles. The highest BCUT2D eigenvalue weighted by molar-refractivity contribution is 5.93. The maximum atomic E-state index is 15.4. The zero-order valence-electron chi connectivity index (χ0n) is 51.3. The Balaban J connectivity index is 0.901. The van der Waals surface area contributed by atoms with Crippen LogP contribution >= 0.6 is 0 Å². The third kappa shape index (κ3) is 9.23. The molecular weight excluding hydrogens is 1140 g/mol. The molecule has 0 bridgehead atoms. The standard InChI is InChI=1S/C87H61F2NO3/c1-5-56-22-44-68(45-23-56)91-70-48-32-61(33-49-70)86(59-28-36-63(88)37-29-59)77-17-9-7-14-73(77)75-52-42-66(54-80(75)86)90(65-40-26-58(27-41-65)72-16-13-21-83-84(72)85(3,4)79-19-11-12-20-82(79)93-83)67-43-53-76-74-15-8-10-18-78(74)87(81(76)55-67,60-30-38-64(89)39-31-60)62-34-50-71(51-35-62)92-69-46-24-57(6-2)25-47-69/h5-55H,1-2H2,3-4H3. The SMILES string of the molecule is C=Cc1ccc(Oc2ccc(C3(c4ccc(F)cc4)c4ccccc4-c4ccc(N(c5ccc(-c6cccc7c6C(C)(C)c6ccccc6O7)cc5)c5ccc6c(c5)C(c5ccc(F)cc5)(c5ccc(Oc7ccc(C=C)cc7)cc5)c5ccccc5-6)cc43)cc2)cc1. The first-order chi connectivity index (χ1) is 45.5. The Hall–Kier alpha value is -11.6. The van der Waals surface area contributed by atoms with E-state index in [1.807, 2.05) is 121 Å². The van der Waals surface area contributed by atoms with Gasteiger partial charge in [-0.3, -0.25) is 0 Å². The Kier molecular flexibility index (Phi) is 13.6. The molecule has 16 rings (SSSR count). The molecule has 2 atom stereocenters. The van der Waals surface area contributed by atoms with Gasteiger partial charge >= 0.3 is 0 Å². The monoisotopic (exact) mass is 1210 g/mol. The van der Waals surface area contributed by atoms with Gasteiger partial charge in [-0.2, -0.15) is 0 Å². The van der Waals surface area contributed by atoms with Crippen molar-refractivity contribution in [3.8, 4) is 67.9 Å². The van der Waals surface area contributed by atoms with Crippen molar-refractivity contribution in [2.75, 3.05) is 4.90 Å². The average Bonchev–Trinajstić information content (AvgIpc) is 1.58. The summed E-state index contributed by atoms with van der Waals surface area (Å²) in [7, 11) is 0. The van der Waals surface area contributed by atoms with Crippen LogP contribution in [0.2, 0.25) is 0 Å². The lowest BCUT2D eigenvalue weighted by Gasteiger charge is -2.36. The third-order valence-corrected chi connectivity index (χ3v) is 19.3. The first-order valence-corrected chi connectivity index (χ1v) is 31.4. The van der Waals surface area contributed by atoms with E-state index in [4.69, 9.17) is 14.2 Å². The van der Waals surface area contributed by atoms with Crippen molar-refractivity contribution in [1.82, 2.24) is 0 Å². The van der Waals surface area contributed by atoms with Crippen LogP contribution in [0.25, 0.3) is 45.5 Å². The zero-order chi connectivity index (χ0) is 63.0. The number of ether oxygens (including phenoxy) is 3. The highest BCUT2D eigenvalue weighted by Crippen LogP contribution is 2.61. The first-order valence-electron chi connectivity index (χ1n) is 31.4. The van der Waals surface area contributed by atoms with E-state index in [9.17, 15) is 0 Å². The van der Waals surface area contributed by atoms with Crippen molar-refractivity contribution in [2.45, 2.75) is 30.1 Å². The van der Waals surface area contributed by atoms with E-state index in [-0.39, 0.29) is 17.0 Å². The summed E-state index contributed by atoms with van der Waals surface area (Å²) in [5.74, 6) is 3.86. The molecule has 13 aromatic rings. The molecule has 0 saturated carbocycles. The molecule has 2 unspecified atom stereocenters. The van der Waals surface area contributed by atoms with E-state index in [2.05, 4.69) is 196 Å². The fraction of sp³-hybridized carbons (Fsp3) is 0.0575. The van der Waals surface area contributed by atoms with E-state index < -0.39 is 10.8 Å². The van der Waals surface area contributed by atoms with Crippen LogP contribution in [-0.4, -0.2) is 0 Å². The second-order valence-corrected chi connectivity index (χ2v) is 24.6. The van der Waals surface area contributed by atoms with Gasteiger partial charge in [0.1, 0.15) is 46.1 Å². The van der Waals surface area contributed by atoms with Crippen LogP contribution in [0.5, 0.6) is 34.5 Å². The van der Waals surface area contributed by atoms with Gasteiger partial charge in [0.15, 0.2) is 0 Å². The molecule has 0 N–H and O–H groups in total. The van der Waals surface area contributed by atoms with Crippen LogP contribution in [-0.2, 0) is 16.2 Å². The fourth-order valence-corrected chi connectivity index (χ4v) is 15.0. The van der Waals surface area contributed by atoms with Gasteiger partial charge < -0.3 is 19.1 Å². The van der Waals surface area contributed by atoms with E-state index in [0.29, 0.717) is 23.0 Å². The molecule has 93 heavy (non-hydrogen) atoms. The summed E-state index contributed by atoms with van der Waals surface area (Å²) in [6, 6.07) is 101. The van der Waals surface area contributed by atoms with Gasteiger partial charge in [0, 0.05) is 33.6 Å². The van der Waals surface area contributed by atoms with Gasteiger partial charge in [-0.05, 0) is 210 Å². The average molecular weight is 1210 g/mol. The highest BCUT2D eigenvalue weighted by atomic mass is 19.1. The number of halogens is 2. The Labute approximate surface area is 540 Å². The molecule has 0 radical (unpaired) electrons. The molecule has 0 aromatic heterocycles. The summed E-state index contributed by atoms with van der Waals surface area (Å²) in [5.41, 5.74) is 19.3. The van der Waals surface area contributed by atoms with E-state index in [1.54, 1.807) is 24.3 Å². The third-order valence-electron chi connectivity index (χ3n) is 19.3. The van der Waals surface area contributed by atoms with Gasteiger partial charge in [-0.25, -0.2) is 8.78 Å². The summed E-state index contributed by atoms with van der Waals surface area (Å²) in [5, 5.41) is 0. The minimum Gasteiger partial charge on any atom is -0.457 e. The molecule has 6 heteroatoms. The molecule has 4 nitrogen and oxygen atoms in total. The van der Waals surface area contributed by atoms with Crippen LogP contribution in [0.4, 0.5) is 25.8 Å². The lowest BCUT2D eigenvalue weighted by Crippen LogP contribution is -2.29. The lowest BCUT2D eigenvalue weighted by atomic mass is 9.67. The minimum absolute atomic E-state index is 0.318. The first kappa shape index (κ1) is 56.6. The minimum atomic E-state index is -0.919. The normalized spacial score (nSPS) is 15.9.